The van der Waals surface area contributed by atoms with Crippen LogP contribution in [0.15, 0.2) is 23.4 Å². The Morgan fingerprint density at radius 2 is 1.96 bits per heavy atom. The van der Waals surface area contributed by atoms with Gasteiger partial charge in [0.15, 0.2) is 0 Å². The first-order chi connectivity index (χ1) is 10.8. The fourth-order valence-corrected chi connectivity index (χ4v) is 2.33. The summed E-state index contributed by atoms with van der Waals surface area (Å²) in [5.74, 6) is -0.889. The van der Waals surface area contributed by atoms with Crippen LogP contribution in [-0.2, 0) is 4.79 Å². The lowest BCUT2D eigenvalue weighted by molar-refractivity contribution is -0.114. The maximum Gasteiger partial charge on any atom is 0.251 e. The van der Waals surface area contributed by atoms with E-state index in [9.17, 15) is 9.59 Å². The molecule has 126 valence electrons. The Hall–Kier alpha value is -2.21. The highest BCUT2D eigenvalue weighted by Crippen LogP contribution is 2.24. The molecule has 6 nitrogen and oxygen atoms in total. The van der Waals surface area contributed by atoms with Crippen molar-refractivity contribution in [2.75, 3.05) is 25.5 Å². The standard InChI is InChI=1S/C16H23ClN4O2/c1-5-20-14-7-11(17)6-12(9(14)2)16(23)21-8-13(15(18)22)10(3)19-4/h6-7,19-20H,5,8H2,1-4H3,(H2,18,22)(H,21,23)/b13-10-. The van der Waals surface area contributed by atoms with Crippen molar-refractivity contribution in [3.63, 3.8) is 0 Å². The Kier molecular flexibility index (Phi) is 6.90. The lowest BCUT2D eigenvalue weighted by Gasteiger charge is -2.14. The molecule has 1 rings (SSSR count). The van der Waals surface area contributed by atoms with Gasteiger partial charge >= 0.3 is 0 Å². The number of anilines is 1. The van der Waals surface area contributed by atoms with Gasteiger partial charge < -0.3 is 21.7 Å². The molecule has 7 heteroatoms. The summed E-state index contributed by atoms with van der Waals surface area (Å²) in [5, 5.41) is 9.19. The zero-order valence-electron chi connectivity index (χ0n) is 13.8. The number of halogens is 1. The topological polar surface area (TPSA) is 96.2 Å². The molecule has 0 fully saturated rings. The van der Waals surface area contributed by atoms with Crippen molar-refractivity contribution in [1.82, 2.24) is 10.6 Å². The molecule has 0 unspecified atom stereocenters. The molecule has 2 amide bonds. The van der Waals surface area contributed by atoms with Crippen molar-refractivity contribution in [3.8, 4) is 0 Å². The quantitative estimate of drug-likeness (QED) is 0.570. The summed E-state index contributed by atoms with van der Waals surface area (Å²) in [6.45, 7) is 6.29. The predicted octanol–water partition coefficient (Wildman–Crippen LogP) is 1.79. The van der Waals surface area contributed by atoms with E-state index in [4.69, 9.17) is 17.3 Å². The van der Waals surface area contributed by atoms with E-state index in [0.29, 0.717) is 21.9 Å². The molecule has 1 aromatic carbocycles. The van der Waals surface area contributed by atoms with Gasteiger partial charge in [0, 0.05) is 35.6 Å². The molecule has 0 aliphatic rings. The number of allylic oxidation sites excluding steroid dienone is 1. The van der Waals surface area contributed by atoms with Crippen molar-refractivity contribution in [1.29, 1.82) is 0 Å². The second-order valence-electron chi connectivity index (χ2n) is 5.06. The Bertz CT molecular complexity index is 641. The first-order valence-corrected chi connectivity index (χ1v) is 7.69. The van der Waals surface area contributed by atoms with Crippen LogP contribution < -0.4 is 21.7 Å². The molecule has 0 radical (unpaired) electrons. The maximum absolute atomic E-state index is 12.4. The summed E-state index contributed by atoms with van der Waals surface area (Å²) in [6.07, 6.45) is 0. The lowest BCUT2D eigenvalue weighted by Crippen LogP contribution is -2.32. The fourth-order valence-electron chi connectivity index (χ4n) is 2.11. The van der Waals surface area contributed by atoms with Crippen LogP contribution in [0.5, 0.6) is 0 Å². The first-order valence-electron chi connectivity index (χ1n) is 7.31. The van der Waals surface area contributed by atoms with Crippen LogP contribution in [0.1, 0.15) is 29.8 Å². The Balaban J connectivity index is 3.01. The van der Waals surface area contributed by atoms with E-state index in [1.165, 1.54) is 0 Å². The van der Waals surface area contributed by atoms with Crippen LogP contribution in [0, 0.1) is 6.92 Å². The number of nitrogens with two attached hydrogens (primary N) is 1. The van der Waals surface area contributed by atoms with Gasteiger partial charge in [-0.2, -0.15) is 0 Å². The zero-order valence-corrected chi connectivity index (χ0v) is 14.6. The van der Waals surface area contributed by atoms with Crippen molar-refractivity contribution in [2.45, 2.75) is 20.8 Å². The number of nitrogens with one attached hydrogen (secondary N) is 3. The summed E-state index contributed by atoms with van der Waals surface area (Å²) in [5.41, 5.74) is 8.34. The summed E-state index contributed by atoms with van der Waals surface area (Å²) >= 11 is 6.07. The SMILES string of the molecule is CCNc1cc(Cl)cc(C(=O)NC/C(C(N)=O)=C(\C)NC)c1C. The number of carbonyl (C=O) groups excluding carboxylic acids is 2. The van der Waals surface area contributed by atoms with Gasteiger partial charge in [0.05, 0.1) is 12.1 Å². The summed E-state index contributed by atoms with van der Waals surface area (Å²) < 4.78 is 0. The van der Waals surface area contributed by atoms with E-state index in [2.05, 4.69) is 16.0 Å². The van der Waals surface area contributed by atoms with Crippen molar-refractivity contribution < 1.29 is 9.59 Å². The molecule has 0 atom stereocenters. The molecule has 23 heavy (non-hydrogen) atoms. The highest BCUT2D eigenvalue weighted by Gasteiger charge is 2.16. The highest BCUT2D eigenvalue weighted by molar-refractivity contribution is 6.31. The second-order valence-corrected chi connectivity index (χ2v) is 5.49. The van der Waals surface area contributed by atoms with Crippen molar-refractivity contribution in [3.05, 3.63) is 39.6 Å². The highest BCUT2D eigenvalue weighted by atomic mass is 35.5. The normalized spacial score (nSPS) is 11.5. The van der Waals surface area contributed by atoms with Crippen LogP contribution in [0.4, 0.5) is 5.69 Å². The molecule has 0 saturated heterocycles. The zero-order chi connectivity index (χ0) is 17.6. The average Bonchev–Trinajstić information content (AvgIpc) is 2.50. The van der Waals surface area contributed by atoms with Gasteiger partial charge in [-0.15, -0.1) is 0 Å². The van der Waals surface area contributed by atoms with Gasteiger partial charge in [-0.1, -0.05) is 11.6 Å². The van der Waals surface area contributed by atoms with E-state index in [0.717, 1.165) is 17.8 Å². The number of amides is 2. The molecule has 1 aromatic rings. The van der Waals surface area contributed by atoms with E-state index >= 15 is 0 Å². The molecule has 0 bridgehead atoms. The molecular weight excluding hydrogens is 316 g/mol. The summed E-state index contributed by atoms with van der Waals surface area (Å²) in [4.78, 5) is 23.9. The number of benzene rings is 1. The van der Waals surface area contributed by atoms with Crippen LogP contribution in [0.25, 0.3) is 0 Å². The third-order valence-corrected chi connectivity index (χ3v) is 3.75. The number of primary amides is 1. The fraction of sp³-hybridized carbons (Fsp3) is 0.375. The molecule has 0 spiro atoms. The Labute approximate surface area is 141 Å². The molecule has 0 aromatic heterocycles. The molecular formula is C16H23ClN4O2. The van der Waals surface area contributed by atoms with E-state index in [1.54, 1.807) is 26.1 Å². The number of carbonyl (C=O) groups is 2. The molecule has 0 aliphatic carbocycles. The Morgan fingerprint density at radius 3 is 2.48 bits per heavy atom. The minimum Gasteiger partial charge on any atom is -0.391 e. The smallest absolute Gasteiger partial charge is 0.251 e. The predicted molar refractivity (Wildman–Crippen MR) is 93.6 cm³/mol. The van der Waals surface area contributed by atoms with Crippen molar-refractivity contribution >= 4 is 29.1 Å². The van der Waals surface area contributed by atoms with Crippen LogP contribution in [0.3, 0.4) is 0 Å². The van der Waals surface area contributed by atoms with Gasteiger partial charge in [0.25, 0.3) is 5.91 Å². The number of hydrogen-bond acceptors (Lipinski definition) is 4. The lowest BCUT2D eigenvalue weighted by atomic mass is 10.1. The minimum absolute atomic E-state index is 0.0450. The van der Waals surface area contributed by atoms with Crippen LogP contribution in [0.2, 0.25) is 5.02 Å². The van der Waals surface area contributed by atoms with E-state index in [-0.39, 0.29) is 12.5 Å². The van der Waals surface area contributed by atoms with Crippen LogP contribution >= 0.6 is 11.6 Å². The average molecular weight is 339 g/mol. The number of hydrogen-bond donors (Lipinski definition) is 4. The van der Waals surface area contributed by atoms with Gasteiger partial charge in [-0.05, 0) is 38.5 Å². The van der Waals surface area contributed by atoms with Gasteiger partial charge in [0.2, 0.25) is 5.91 Å². The van der Waals surface area contributed by atoms with Crippen molar-refractivity contribution in [2.24, 2.45) is 5.73 Å². The maximum atomic E-state index is 12.4. The van der Waals surface area contributed by atoms with Gasteiger partial charge in [-0.25, -0.2) is 0 Å². The number of rotatable bonds is 7. The van der Waals surface area contributed by atoms with E-state index < -0.39 is 5.91 Å². The molecule has 0 saturated carbocycles. The van der Waals surface area contributed by atoms with Gasteiger partial charge in [-0.3, -0.25) is 9.59 Å². The van der Waals surface area contributed by atoms with Gasteiger partial charge in [0.1, 0.15) is 0 Å². The monoisotopic (exact) mass is 338 g/mol. The van der Waals surface area contributed by atoms with Crippen LogP contribution in [-0.4, -0.2) is 32.0 Å². The third kappa shape index (κ3) is 4.89. The minimum atomic E-state index is -0.576. The summed E-state index contributed by atoms with van der Waals surface area (Å²) in [7, 11) is 1.68. The van der Waals surface area contributed by atoms with E-state index in [1.807, 2.05) is 13.8 Å². The Morgan fingerprint density at radius 1 is 1.30 bits per heavy atom. The molecule has 0 heterocycles. The first kappa shape index (κ1) is 18.8. The second kappa shape index (κ2) is 8.43. The largest absolute Gasteiger partial charge is 0.391 e. The summed E-state index contributed by atoms with van der Waals surface area (Å²) in [6, 6.07) is 3.38. The molecule has 0 aliphatic heterocycles. The third-order valence-electron chi connectivity index (χ3n) is 3.54. The molecule has 5 N–H and O–H groups in total.